The molecule has 0 spiro atoms. The van der Waals surface area contributed by atoms with Crippen molar-refractivity contribution in [3.05, 3.63) is 53.8 Å². The zero-order chi connectivity index (χ0) is 19.7. The van der Waals surface area contributed by atoms with Crippen molar-refractivity contribution < 1.29 is 27.0 Å². The van der Waals surface area contributed by atoms with Gasteiger partial charge in [-0.2, -0.15) is 13.2 Å². The van der Waals surface area contributed by atoms with Crippen molar-refractivity contribution in [3.8, 4) is 16.9 Å². The highest BCUT2D eigenvalue weighted by molar-refractivity contribution is 5.66. The van der Waals surface area contributed by atoms with Crippen molar-refractivity contribution in [1.82, 2.24) is 5.32 Å². The molecule has 1 saturated heterocycles. The van der Waals surface area contributed by atoms with Gasteiger partial charge in [-0.05, 0) is 41.8 Å². The predicted molar refractivity (Wildman–Crippen MR) is 92.7 cm³/mol. The molecule has 3 rings (SSSR count). The largest absolute Gasteiger partial charge is 0.481 e. The fraction of sp³-hybridized carbons (Fsp3) is 0.368. The molecule has 8 heteroatoms. The number of hydrogen-bond acceptors (Lipinski definition) is 4. The van der Waals surface area contributed by atoms with E-state index in [0.29, 0.717) is 24.2 Å². The number of halogens is 4. The van der Waals surface area contributed by atoms with Crippen molar-refractivity contribution in [2.24, 2.45) is 5.73 Å². The predicted octanol–water partition coefficient (Wildman–Crippen LogP) is 3.55. The van der Waals surface area contributed by atoms with Gasteiger partial charge < -0.3 is 20.5 Å². The minimum atomic E-state index is -4.54. The van der Waals surface area contributed by atoms with E-state index in [1.807, 2.05) is 19.1 Å². The Morgan fingerprint density at radius 2 is 1.96 bits per heavy atom. The Bertz CT molecular complexity index is 813. The van der Waals surface area contributed by atoms with Gasteiger partial charge in [-0.3, -0.25) is 0 Å². The Kier molecular flexibility index (Phi) is 5.41. The molecule has 2 unspecified atom stereocenters. The Morgan fingerprint density at radius 1 is 1.22 bits per heavy atom. The molecule has 1 fully saturated rings. The van der Waals surface area contributed by atoms with Crippen LogP contribution >= 0.6 is 0 Å². The van der Waals surface area contributed by atoms with Gasteiger partial charge in [0.05, 0.1) is 0 Å². The molecule has 2 atom stereocenters. The van der Waals surface area contributed by atoms with Crippen LogP contribution in [0.15, 0.2) is 42.5 Å². The average Bonchev–Trinajstić information content (AvgIpc) is 2.60. The summed E-state index contributed by atoms with van der Waals surface area (Å²) in [6.45, 7) is 1.46. The van der Waals surface area contributed by atoms with Crippen LogP contribution in [-0.2, 0) is 10.3 Å². The van der Waals surface area contributed by atoms with Crippen LogP contribution < -0.4 is 15.8 Å². The Labute approximate surface area is 154 Å². The molecule has 2 aromatic rings. The lowest BCUT2D eigenvalue weighted by atomic mass is 9.91. The van der Waals surface area contributed by atoms with E-state index < -0.39 is 36.2 Å². The second-order valence-electron chi connectivity index (χ2n) is 6.65. The van der Waals surface area contributed by atoms with Crippen LogP contribution in [0.3, 0.4) is 0 Å². The molecule has 2 aromatic carbocycles. The van der Waals surface area contributed by atoms with E-state index in [1.165, 1.54) is 12.1 Å². The van der Waals surface area contributed by atoms with E-state index in [-0.39, 0.29) is 0 Å². The van der Waals surface area contributed by atoms with Crippen molar-refractivity contribution in [2.45, 2.75) is 24.9 Å². The number of nitrogens with one attached hydrogen (secondary N) is 1. The van der Waals surface area contributed by atoms with Crippen molar-refractivity contribution in [3.63, 3.8) is 0 Å². The van der Waals surface area contributed by atoms with Crippen LogP contribution in [0.4, 0.5) is 17.6 Å². The third-order valence-electron chi connectivity index (χ3n) is 4.35. The first-order valence-corrected chi connectivity index (χ1v) is 8.40. The molecule has 27 heavy (non-hydrogen) atoms. The standard InChI is InChI=1S/C19H20F4N2O2/c1-18(10-25-9-17(24)27-18)14-4-2-3-12(7-14)13-5-6-15(20)16(8-13)26-11-19(21,22)23/h2-8,17,25H,9-11,24H2,1H3. The summed E-state index contributed by atoms with van der Waals surface area (Å²) < 4.78 is 61.3. The van der Waals surface area contributed by atoms with E-state index in [1.54, 1.807) is 12.1 Å². The summed E-state index contributed by atoms with van der Waals surface area (Å²) in [7, 11) is 0. The minimum Gasteiger partial charge on any atom is -0.481 e. The molecular formula is C19H20F4N2O2. The first kappa shape index (κ1) is 19.6. The van der Waals surface area contributed by atoms with Gasteiger partial charge in [-0.15, -0.1) is 0 Å². The second kappa shape index (κ2) is 7.46. The Balaban J connectivity index is 1.89. The molecular weight excluding hydrogens is 364 g/mol. The van der Waals surface area contributed by atoms with E-state index in [4.69, 9.17) is 10.5 Å². The summed E-state index contributed by atoms with van der Waals surface area (Å²) in [5.74, 6) is -1.30. The lowest BCUT2D eigenvalue weighted by Gasteiger charge is -2.38. The molecule has 1 aliphatic heterocycles. The quantitative estimate of drug-likeness (QED) is 0.792. The van der Waals surface area contributed by atoms with Crippen molar-refractivity contribution in [2.75, 3.05) is 19.7 Å². The monoisotopic (exact) mass is 384 g/mol. The van der Waals surface area contributed by atoms with Gasteiger partial charge in [0.15, 0.2) is 18.2 Å². The highest BCUT2D eigenvalue weighted by Crippen LogP contribution is 2.33. The second-order valence-corrected chi connectivity index (χ2v) is 6.65. The summed E-state index contributed by atoms with van der Waals surface area (Å²) in [5, 5.41) is 3.20. The molecule has 1 aliphatic rings. The van der Waals surface area contributed by atoms with Gasteiger partial charge in [-0.1, -0.05) is 24.3 Å². The third-order valence-corrected chi connectivity index (χ3v) is 4.35. The first-order valence-electron chi connectivity index (χ1n) is 8.40. The number of hydrogen-bond donors (Lipinski definition) is 2. The van der Waals surface area contributed by atoms with E-state index in [9.17, 15) is 17.6 Å². The third kappa shape index (κ3) is 4.77. The van der Waals surface area contributed by atoms with Gasteiger partial charge in [0.25, 0.3) is 0 Å². The van der Waals surface area contributed by atoms with E-state index in [2.05, 4.69) is 10.1 Å². The van der Waals surface area contributed by atoms with Crippen LogP contribution in [0, 0.1) is 5.82 Å². The molecule has 0 aromatic heterocycles. The summed E-state index contributed by atoms with van der Waals surface area (Å²) in [4.78, 5) is 0. The van der Waals surface area contributed by atoms with Gasteiger partial charge in [0, 0.05) is 13.1 Å². The van der Waals surface area contributed by atoms with Crippen molar-refractivity contribution in [1.29, 1.82) is 0 Å². The maximum Gasteiger partial charge on any atom is 0.422 e. The zero-order valence-electron chi connectivity index (χ0n) is 14.6. The number of nitrogens with two attached hydrogens (primary N) is 1. The van der Waals surface area contributed by atoms with Crippen LogP contribution in [0.25, 0.3) is 11.1 Å². The number of rotatable bonds is 4. The highest BCUT2D eigenvalue weighted by Gasteiger charge is 2.33. The topological polar surface area (TPSA) is 56.5 Å². The summed E-state index contributed by atoms with van der Waals surface area (Å²) in [5.41, 5.74) is 7.31. The first-order chi connectivity index (χ1) is 12.7. The van der Waals surface area contributed by atoms with Crippen LogP contribution in [0.1, 0.15) is 12.5 Å². The summed E-state index contributed by atoms with van der Waals surface area (Å²) >= 11 is 0. The summed E-state index contributed by atoms with van der Waals surface area (Å²) in [6, 6.07) is 11.2. The molecule has 0 bridgehead atoms. The van der Waals surface area contributed by atoms with Gasteiger partial charge in [0.1, 0.15) is 11.8 Å². The lowest BCUT2D eigenvalue weighted by molar-refractivity contribution is -0.153. The van der Waals surface area contributed by atoms with E-state index in [0.717, 1.165) is 11.6 Å². The van der Waals surface area contributed by atoms with Crippen LogP contribution in [0.5, 0.6) is 5.75 Å². The van der Waals surface area contributed by atoms with E-state index >= 15 is 0 Å². The maximum absolute atomic E-state index is 13.8. The smallest absolute Gasteiger partial charge is 0.422 e. The average molecular weight is 384 g/mol. The number of ether oxygens (including phenoxy) is 2. The fourth-order valence-corrected chi connectivity index (χ4v) is 3.02. The fourth-order valence-electron chi connectivity index (χ4n) is 3.02. The SMILES string of the molecule is CC1(c2cccc(-c3ccc(F)c(OCC(F)(F)F)c3)c2)CNCC(N)O1. The highest BCUT2D eigenvalue weighted by atomic mass is 19.4. The molecule has 4 nitrogen and oxygen atoms in total. The lowest BCUT2D eigenvalue weighted by Crippen LogP contribution is -2.53. The van der Waals surface area contributed by atoms with Crippen LogP contribution in [0.2, 0.25) is 0 Å². The molecule has 146 valence electrons. The number of alkyl halides is 3. The molecule has 1 heterocycles. The maximum atomic E-state index is 13.8. The van der Waals surface area contributed by atoms with Gasteiger partial charge >= 0.3 is 6.18 Å². The molecule has 3 N–H and O–H groups in total. The summed E-state index contributed by atoms with van der Waals surface area (Å²) in [6.07, 6.45) is -4.98. The molecule has 0 radical (unpaired) electrons. The van der Waals surface area contributed by atoms with Gasteiger partial charge in [-0.25, -0.2) is 4.39 Å². The Morgan fingerprint density at radius 3 is 2.67 bits per heavy atom. The minimum absolute atomic E-state index is 0.444. The van der Waals surface area contributed by atoms with Gasteiger partial charge in [0.2, 0.25) is 0 Å². The normalized spacial score (nSPS) is 23.3. The molecule has 0 aliphatic carbocycles. The molecule has 0 amide bonds. The van der Waals surface area contributed by atoms with Crippen molar-refractivity contribution >= 4 is 0 Å². The Hall–Kier alpha value is -2.16. The zero-order valence-corrected chi connectivity index (χ0v) is 14.6. The number of morpholine rings is 1. The van der Waals surface area contributed by atoms with Crippen LogP contribution in [-0.4, -0.2) is 32.1 Å². The molecule has 0 saturated carbocycles. The number of benzene rings is 2.